The maximum Gasteiger partial charge on any atom is 0.134 e. The van der Waals surface area contributed by atoms with Gasteiger partial charge in [0.05, 0.1) is 5.52 Å². The van der Waals surface area contributed by atoms with E-state index < -0.39 is 0 Å². The molecule has 0 radical (unpaired) electrons. The standard InChI is InChI=1S/C57H59N3O.C7H8.2C2H6.CH2O/c1-6-9-26-46(39-41-58(8-3)52-30-19-16-27-49(52)43(5)56-48(7-2)50-28-18-21-32-54(50)61-56)59-40-22-12-13-23-42(4)55-51-29-17-20-31-53(51)60(57(55)59)47-37-35-45(36-38-47)34-33-44-24-14-10-11-15-25-44;1-7-5-3-2-4-6-7;3*1-2/h7,9-14,16-24,26-32,35-39,43-44H,2,4,6,8,15,25,33-34,40-41H2,1,3,5H3;2-6H,1H3;2*1-2H3;1H2/b22-12-,23-13-,26-9-,46-39+;;;;. The zero-order chi connectivity index (χ0) is 53.2. The number of carbonyl (C=O) groups excluding carboxylic acids is 1. The minimum atomic E-state index is 0.0199. The molecule has 3 heterocycles. The Morgan fingerprint density at radius 2 is 1.47 bits per heavy atom. The Morgan fingerprint density at radius 3 is 2.18 bits per heavy atom. The third kappa shape index (κ3) is 14.3. The van der Waals surface area contributed by atoms with E-state index in [1.165, 1.54) is 39.7 Å². The van der Waals surface area contributed by atoms with E-state index in [1.807, 2.05) is 70.9 Å². The largest absolute Gasteiger partial charge is 0.460 e. The molecule has 0 saturated carbocycles. The second-order valence-electron chi connectivity index (χ2n) is 17.8. The number of anilines is 2. The van der Waals surface area contributed by atoms with Crippen molar-refractivity contribution in [2.24, 2.45) is 5.92 Å². The zero-order valence-electron chi connectivity index (χ0n) is 45.6. The minimum Gasteiger partial charge on any atom is -0.460 e. The molecular weight excluding hydrogens is 903 g/mol. The molecule has 5 nitrogen and oxygen atoms in total. The van der Waals surface area contributed by atoms with Crippen LogP contribution in [-0.4, -0.2) is 31.0 Å². The number of aryl methyl sites for hydroxylation is 2. The van der Waals surface area contributed by atoms with E-state index in [2.05, 4.69) is 219 Å². The number of benzene rings is 5. The molecule has 1 aliphatic heterocycles. The second kappa shape index (κ2) is 30.4. The van der Waals surface area contributed by atoms with Crippen molar-refractivity contribution in [3.63, 3.8) is 0 Å². The van der Waals surface area contributed by atoms with E-state index in [4.69, 9.17) is 9.21 Å². The van der Waals surface area contributed by atoms with Gasteiger partial charge in [0.25, 0.3) is 0 Å². The average molecular weight is 984 g/mol. The number of para-hydroxylation sites is 3. The highest BCUT2D eigenvalue weighted by Crippen LogP contribution is 2.43. The highest BCUT2D eigenvalue weighted by Gasteiger charge is 2.27. The molecule has 2 unspecified atom stereocenters. The fourth-order valence-corrected chi connectivity index (χ4v) is 9.62. The van der Waals surface area contributed by atoms with Crippen LogP contribution in [0.1, 0.15) is 114 Å². The number of nitrogens with zero attached hydrogens (tertiary/aromatic N) is 3. The number of fused-ring (bicyclic) bond motifs is 4. The van der Waals surface area contributed by atoms with Crippen molar-refractivity contribution in [1.82, 2.24) is 4.57 Å². The molecule has 0 fully saturated rings. The van der Waals surface area contributed by atoms with Gasteiger partial charge in [0.1, 0.15) is 24.0 Å². The first-order chi connectivity index (χ1) is 36.4. The summed E-state index contributed by atoms with van der Waals surface area (Å²) < 4.78 is 9.01. The van der Waals surface area contributed by atoms with Gasteiger partial charge in [0, 0.05) is 64.5 Å². The van der Waals surface area contributed by atoms with Crippen molar-refractivity contribution in [3.8, 4) is 5.69 Å². The predicted octanol–water partition coefficient (Wildman–Crippen LogP) is 18.8. The lowest BCUT2D eigenvalue weighted by atomic mass is 9.93. The Kier molecular flexibility index (Phi) is 23.5. The third-order valence-electron chi connectivity index (χ3n) is 13.3. The van der Waals surface area contributed by atoms with E-state index in [9.17, 15) is 0 Å². The molecule has 1 aliphatic carbocycles. The summed E-state index contributed by atoms with van der Waals surface area (Å²) in [6.07, 6.45) is 32.2. The van der Waals surface area contributed by atoms with E-state index in [1.54, 1.807) is 0 Å². The normalized spacial score (nSPS) is 15.2. The predicted molar refractivity (Wildman–Crippen MR) is 324 cm³/mol. The average Bonchev–Trinajstić information content (AvgIpc) is 3.91. The monoisotopic (exact) mass is 984 g/mol. The van der Waals surface area contributed by atoms with Crippen LogP contribution in [0.5, 0.6) is 0 Å². The molecule has 384 valence electrons. The van der Waals surface area contributed by atoms with Crippen molar-refractivity contribution >= 4 is 51.8 Å². The van der Waals surface area contributed by atoms with Gasteiger partial charge in [-0.15, -0.1) is 0 Å². The van der Waals surface area contributed by atoms with Crippen molar-refractivity contribution < 1.29 is 9.21 Å². The Bertz CT molecular complexity index is 3030. The number of furan rings is 1. The van der Waals surface area contributed by atoms with Crippen LogP contribution in [0.4, 0.5) is 11.5 Å². The van der Waals surface area contributed by atoms with E-state index in [0.717, 1.165) is 82.9 Å². The molecule has 7 aromatic rings. The highest BCUT2D eigenvalue weighted by atomic mass is 16.3. The number of allylic oxidation sites excluding steroid dienone is 10. The number of aromatic nitrogens is 1. The first-order valence-corrected chi connectivity index (χ1v) is 26.9. The molecular formula is C69H81N3O2. The van der Waals surface area contributed by atoms with Gasteiger partial charge in [-0.05, 0) is 111 Å². The van der Waals surface area contributed by atoms with Crippen LogP contribution in [0.3, 0.4) is 0 Å². The van der Waals surface area contributed by atoms with Crippen LogP contribution in [0.2, 0.25) is 0 Å². The maximum absolute atomic E-state index is 8.00. The number of hydrogen-bond acceptors (Lipinski definition) is 4. The van der Waals surface area contributed by atoms with Crippen LogP contribution in [0.15, 0.2) is 218 Å². The molecule has 5 heteroatoms. The molecule has 0 bridgehead atoms. The van der Waals surface area contributed by atoms with E-state index in [-0.39, 0.29) is 5.92 Å². The molecule has 0 amide bonds. The highest BCUT2D eigenvalue weighted by molar-refractivity contribution is 6.03. The molecule has 0 spiro atoms. The lowest BCUT2D eigenvalue weighted by molar-refractivity contribution is -0.0980. The summed E-state index contributed by atoms with van der Waals surface area (Å²) in [6.45, 7) is 29.9. The Labute approximate surface area is 444 Å². The van der Waals surface area contributed by atoms with Gasteiger partial charge in [-0.1, -0.05) is 218 Å². The summed E-state index contributed by atoms with van der Waals surface area (Å²) in [6, 6.07) is 45.4. The number of likely N-dealkylation sites (N-methyl/N-ethyl adjacent to an activating group) is 1. The Balaban J connectivity index is 0.000000699. The van der Waals surface area contributed by atoms with Crippen LogP contribution in [0.25, 0.3) is 39.2 Å². The number of rotatable bonds is 14. The quantitative estimate of drug-likeness (QED) is 0.102. The topological polar surface area (TPSA) is 41.6 Å². The summed E-state index contributed by atoms with van der Waals surface area (Å²) in [5, 5.41) is 2.29. The second-order valence-corrected chi connectivity index (χ2v) is 17.8. The van der Waals surface area contributed by atoms with Crippen LogP contribution in [-0.2, 0) is 11.2 Å². The van der Waals surface area contributed by atoms with Crippen molar-refractivity contribution in [2.45, 2.75) is 93.4 Å². The lowest BCUT2D eigenvalue weighted by Gasteiger charge is -2.30. The van der Waals surface area contributed by atoms with E-state index >= 15 is 0 Å². The first-order valence-electron chi connectivity index (χ1n) is 26.9. The fraction of sp³-hybridized carbons (Fsp3) is 0.261. The van der Waals surface area contributed by atoms with Crippen molar-refractivity contribution in [3.05, 3.63) is 247 Å². The maximum atomic E-state index is 8.00. The van der Waals surface area contributed by atoms with Gasteiger partial charge >= 0.3 is 0 Å². The van der Waals surface area contributed by atoms with Gasteiger partial charge in [-0.2, -0.15) is 0 Å². The summed E-state index contributed by atoms with van der Waals surface area (Å²) in [7, 11) is 0. The fourth-order valence-electron chi connectivity index (χ4n) is 9.62. The summed E-state index contributed by atoms with van der Waals surface area (Å²) >= 11 is 0. The van der Waals surface area contributed by atoms with Crippen molar-refractivity contribution in [2.75, 3.05) is 29.4 Å². The van der Waals surface area contributed by atoms with Crippen LogP contribution in [0, 0.1) is 12.8 Å². The Hall–Kier alpha value is -7.63. The first kappa shape index (κ1) is 57.3. The Morgan fingerprint density at radius 1 is 0.797 bits per heavy atom. The number of carbonyl (C=O) groups is 1. The van der Waals surface area contributed by atoms with Gasteiger partial charge < -0.3 is 19.0 Å². The van der Waals surface area contributed by atoms with Crippen molar-refractivity contribution in [1.29, 1.82) is 0 Å². The smallest absolute Gasteiger partial charge is 0.134 e. The molecule has 0 saturated heterocycles. The summed E-state index contributed by atoms with van der Waals surface area (Å²) in [5.41, 5.74) is 12.7. The molecule has 5 aromatic carbocycles. The van der Waals surface area contributed by atoms with Gasteiger partial charge in [0.15, 0.2) is 0 Å². The molecule has 0 N–H and O–H groups in total. The molecule has 2 atom stereocenters. The molecule has 74 heavy (non-hydrogen) atoms. The number of hydrogen-bond donors (Lipinski definition) is 0. The SMILES string of the molecule is C=Cc1c(C(C)c2ccccc2N(CC)C/C=C(\C=C/CC)N2C/C=C\C=C/C(=C)c3c2n(-c2ccc(CCC4C=CC=CCC4)cc2)c2ccccc32)oc2ccccc12.C=O.CC.CC.Cc1ccccc1. The van der Waals surface area contributed by atoms with Gasteiger partial charge in [-0.3, -0.25) is 4.57 Å². The van der Waals surface area contributed by atoms with Gasteiger partial charge in [0.2, 0.25) is 0 Å². The zero-order valence-corrected chi connectivity index (χ0v) is 45.6. The van der Waals surface area contributed by atoms with Crippen LogP contribution >= 0.6 is 0 Å². The summed E-state index contributed by atoms with van der Waals surface area (Å²) in [5.74, 6) is 2.71. The minimum absolute atomic E-state index is 0.0199. The molecule has 2 aromatic heterocycles. The van der Waals surface area contributed by atoms with Crippen LogP contribution < -0.4 is 9.80 Å². The molecule has 2 aliphatic rings. The lowest BCUT2D eigenvalue weighted by Crippen LogP contribution is -2.28. The molecule has 9 rings (SSSR count). The summed E-state index contributed by atoms with van der Waals surface area (Å²) in [4.78, 5) is 13.0. The third-order valence-corrected chi connectivity index (χ3v) is 13.3. The van der Waals surface area contributed by atoms with E-state index in [0.29, 0.717) is 19.0 Å². The van der Waals surface area contributed by atoms with Gasteiger partial charge in [-0.25, -0.2) is 0 Å².